The van der Waals surface area contributed by atoms with Crippen LogP contribution in [0.25, 0.3) is 11.5 Å². The zero-order valence-electron chi connectivity index (χ0n) is 8.73. The molecule has 9 nitrogen and oxygen atoms in total. The number of hydrogen-bond acceptors (Lipinski definition) is 7. The number of rotatable bonds is 3. The van der Waals surface area contributed by atoms with Crippen LogP contribution < -0.4 is 5.73 Å². The number of hydrogen-bond donors (Lipinski definition) is 2. The Morgan fingerprint density at radius 3 is 2.78 bits per heavy atom. The van der Waals surface area contributed by atoms with Crippen LogP contribution in [-0.2, 0) is 0 Å². The van der Waals surface area contributed by atoms with E-state index in [0.29, 0.717) is 0 Å². The van der Waals surface area contributed by atoms with Crippen molar-refractivity contribution in [2.45, 2.75) is 0 Å². The van der Waals surface area contributed by atoms with Crippen molar-refractivity contribution in [2.24, 2.45) is 0 Å². The minimum atomic E-state index is -1.37. The van der Waals surface area contributed by atoms with Crippen molar-refractivity contribution in [2.75, 3.05) is 5.73 Å². The lowest BCUT2D eigenvalue weighted by Crippen LogP contribution is -1.98. The Bertz CT molecular complexity index is 636. The van der Waals surface area contributed by atoms with Crippen LogP contribution in [-0.4, -0.2) is 26.1 Å². The maximum Gasteiger partial charge on any atom is 0.377 e. The normalized spacial score (nSPS) is 10.2. The van der Waals surface area contributed by atoms with Gasteiger partial charge in [0.15, 0.2) is 0 Å². The molecule has 0 fully saturated rings. The van der Waals surface area contributed by atoms with E-state index >= 15 is 0 Å². The molecule has 1 aromatic carbocycles. The van der Waals surface area contributed by atoms with Gasteiger partial charge in [-0.1, -0.05) is 0 Å². The molecule has 2 aromatic rings. The number of nitrogens with zero attached hydrogens (tertiary/aromatic N) is 3. The van der Waals surface area contributed by atoms with Crippen LogP contribution in [0, 0.1) is 10.1 Å². The number of carboxylic acid groups (broad SMARTS) is 1. The third kappa shape index (κ3) is 1.96. The van der Waals surface area contributed by atoms with Gasteiger partial charge in [0.25, 0.3) is 17.4 Å². The van der Waals surface area contributed by atoms with Gasteiger partial charge in [-0.15, -0.1) is 0 Å². The van der Waals surface area contributed by atoms with Crippen molar-refractivity contribution < 1.29 is 19.3 Å². The molecule has 0 radical (unpaired) electrons. The maximum atomic E-state index is 10.6. The van der Waals surface area contributed by atoms with Crippen LogP contribution in [0.3, 0.4) is 0 Å². The third-order valence-electron chi connectivity index (χ3n) is 2.10. The highest BCUT2D eigenvalue weighted by atomic mass is 16.6. The first-order valence-corrected chi connectivity index (χ1v) is 4.60. The van der Waals surface area contributed by atoms with Gasteiger partial charge in [0.2, 0.25) is 0 Å². The van der Waals surface area contributed by atoms with Gasteiger partial charge in [0.05, 0.1) is 10.5 Å². The number of nitrogen functional groups attached to an aromatic ring is 1. The minimum Gasteiger partial charge on any atom is -0.475 e. The molecule has 0 bridgehead atoms. The molecule has 18 heavy (non-hydrogen) atoms. The molecule has 0 aliphatic rings. The third-order valence-corrected chi connectivity index (χ3v) is 2.10. The fourth-order valence-corrected chi connectivity index (χ4v) is 1.26. The molecule has 3 N–H and O–H groups in total. The highest BCUT2D eigenvalue weighted by Gasteiger charge is 2.18. The van der Waals surface area contributed by atoms with Gasteiger partial charge in [-0.25, -0.2) is 4.79 Å². The summed E-state index contributed by atoms with van der Waals surface area (Å²) in [5, 5.41) is 22.4. The van der Waals surface area contributed by atoms with Crippen LogP contribution in [0.15, 0.2) is 22.7 Å². The van der Waals surface area contributed by atoms with Crippen molar-refractivity contribution in [1.82, 2.24) is 10.1 Å². The van der Waals surface area contributed by atoms with E-state index in [1.165, 1.54) is 12.1 Å². The Balaban J connectivity index is 2.51. The van der Waals surface area contributed by atoms with E-state index in [2.05, 4.69) is 14.7 Å². The Morgan fingerprint density at radius 2 is 2.22 bits per heavy atom. The predicted molar refractivity (Wildman–Crippen MR) is 57.8 cm³/mol. The zero-order chi connectivity index (χ0) is 13.3. The van der Waals surface area contributed by atoms with Crippen molar-refractivity contribution in [1.29, 1.82) is 0 Å². The number of nitro benzene ring substituents is 1. The molecule has 9 heteroatoms. The standard InChI is InChI=1S/C9H6N4O5/c10-6-2-1-4(13(16)17)3-5(6)8-11-7(9(14)15)12-18-8/h1-3H,10H2,(H,14,15). The van der Waals surface area contributed by atoms with Crippen LogP contribution in [0.4, 0.5) is 11.4 Å². The Kier molecular flexibility index (Phi) is 2.64. The fraction of sp³-hybridized carbons (Fsp3) is 0. The first kappa shape index (κ1) is 11.5. The van der Waals surface area contributed by atoms with Crippen molar-refractivity contribution in [3.63, 3.8) is 0 Å². The van der Waals surface area contributed by atoms with E-state index in [9.17, 15) is 14.9 Å². The first-order valence-electron chi connectivity index (χ1n) is 4.60. The summed E-state index contributed by atoms with van der Waals surface area (Å²) in [6.07, 6.45) is 0. The molecule has 0 unspecified atom stereocenters. The fourth-order valence-electron chi connectivity index (χ4n) is 1.26. The molecule has 0 aliphatic carbocycles. The van der Waals surface area contributed by atoms with E-state index in [4.69, 9.17) is 10.8 Å². The highest BCUT2D eigenvalue weighted by molar-refractivity contribution is 5.84. The number of nitrogens with two attached hydrogens (primary N) is 1. The highest BCUT2D eigenvalue weighted by Crippen LogP contribution is 2.28. The molecule has 0 atom stereocenters. The summed E-state index contributed by atoms with van der Waals surface area (Å²) in [7, 11) is 0. The topological polar surface area (TPSA) is 145 Å². The van der Waals surface area contributed by atoms with Gasteiger partial charge in [-0.05, 0) is 11.2 Å². The molecule has 0 amide bonds. The maximum absolute atomic E-state index is 10.6. The van der Waals surface area contributed by atoms with E-state index in [1.54, 1.807) is 0 Å². The second-order valence-corrected chi connectivity index (χ2v) is 3.26. The van der Waals surface area contributed by atoms with Gasteiger partial charge in [-0.3, -0.25) is 10.1 Å². The molecule has 1 heterocycles. The number of anilines is 1. The lowest BCUT2D eigenvalue weighted by molar-refractivity contribution is -0.384. The lowest BCUT2D eigenvalue weighted by Gasteiger charge is -1.99. The summed E-state index contributed by atoms with van der Waals surface area (Å²) in [5.74, 6) is -2.10. The number of aromatic nitrogens is 2. The average Bonchev–Trinajstić information content (AvgIpc) is 2.78. The van der Waals surface area contributed by atoms with E-state index in [1.807, 2.05) is 0 Å². The van der Waals surface area contributed by atoms with E-state index in [0.717, 1.165) is 6.07 Å². The summed E-state index contributed by atoms with van der Waals surface area (Å²) < 4.78 is 4.68. The van der Waals surface area contributed by atoms with Crippen LogP contribution >= 0.6 is 0 Å². The van der Waals surface area contributed by atoms with Crippen molar-refractivity contribution in [3.8, 4) is 11.5 Å². The molecule has 0 aliphatic heterocycles. The van der Waals surface area contributed by atoms with Crippen LogP contribution in [0.2, 0.25) is 0 Å². The summed E-state index contributed by atoms with van der Waals surface area (Å²) in [6, 6.07) is 3.65. The molecular formula is C9H6N4O5. The Hall–Kier alpha value is -2.97. The average molecular weight is 250 g/mol. The molecule has 0 spiro atoms. The van der Waals surface area contributed by atoms with Gasteiger partial charge < -0.3 is 15.4 Å². The molecular weight excluding hydrogens is 244 g/mol. The summed E-state index contributed by atoms with van der Waals surface area (Å²) in [5.41, 5.74) is 5.68. The zero-order valence-corrected chi connectivity index (χ0v) is 8.73. The van der Waals surface area contributed by atoms with Gasteiger partial charge >= 0.3 is 5.97 Å². The molecule has 0 saturated heterocycles. The van der Waals surface area contributed by atoms with Crippen LogP contribution in [0.1, 0.15) is 10.6 Å². The van der Waals surface area contributed by atoms with Gasteiger partial charge in [-0.2, -0.15) is 4.98 Å². The molecule has 0 saturated carbocycles. The smallest absolute Gasteiger partial charge is 0.377 e. The Labute approximate surface area is 99.0 Å². The number of aromatic carboxylic acids is 1. The summed E-state index contributed by atoms with van der Waals surface area (Å²) in [6.45, 7) is 0. The number of benzene rings is 1. The van der Waals surface area contributed by atoms with Crippen molar-refractivity contribution in [3.05, 3.63) is 34.1 Å². The minimum absolute atomic E-state index is 0.115. The van der Waals surface area contributed by atoms with Gasteiger partial charge in [0, 0.05) is 17.8 Å². The summed E-state index contributed by atoms with van der Waals surface area (Å²) in [4.78, 5) is 24.1. The van der Waals surface area contributed by atoms with Crippen LogP contribution in [0.5, 0.6) is 0 Å². The second kappa shape index (κ2) is 4.13. The van der Waals surface area contributed by atoms with Gasteiger partial charge in [0.1, 0.15) is 0 Å². The SMILES string of the molecule is Nc1ccc([N+](=O)[O-])cc1-c1nc(C(=O)O)no1. The monoisotopic (exact) mass is 250 g/mol. The number of carboxylic acids is 1. The quantitative estimate of drug-likeness (QED) is 0.464. The number of carbonyl (C=O) groups is 1. The molecule has 92 valence electrons. The Morgan fingerprint density at radius 1 is 1.50 bits per heavy atom. The molecule has 2 rings (SSSR count). The molecule has 1 aromatic heterocycles. The summed E-state index contributed by atoms with van der Waals surface area (Å²) >= 11 is 0. The van der Waals surface area contributed by atoms with E-state index < -0.39 is 16.7 Å². The number of non-ortho nitro benzene ring substituents is 1. The van der Waals surface area contributed by atoms with Crippen molar-refractivity contribution >= 4 is 17.3 Å². The first-order chi connectivity index (χ1) is 8.49. The largest absolute Gasteiger partial charge is 0.475 e. The number of nitro groups is 1. The second-order valence-electron chi connectivity index (χ2n) is 3.26. The predicted octanol–water partition coefficient (Wildman–Crippen LogP) is 0.925. The van der Waals surface area contributed by atoms with E-state index in [-0.39, 0.29) is 22.8 Å². The lowest BCUT2D eigenvalue weighted by atomic mass is 10.1.